The Morgan fingerprint density at radius 1 is 0.453 bits per heavy atom. The van der Waals surface area contributed by atoms with Gasteiger partial charge < -0.3 is 4.42 Å². The third kappa shape index (κ3) is 6.25. The maximum atomic E-state index is 6.73. The average Bonchev–Trinajstić information content (AvgIpc) is 3.61. The number of aryl methyl sites for hydroxylation is 2. The maximum Gasteiger partial charge on any atom is 0.164 e. The fourth-order valence-corrected chi connectivity index (χ4v) is 7.63. The van der Waals surface area contributed by atoms with Crippen molar-refractivity contribution < 1.29 is 4.42 Å². The highest BCUT2D eigenvalue weighted by molar-refractivity contribution is 6.15. The first-order valence-corrected chi connectivity index (χ1v) is 19.0. The van der Waals surface area contributed by atoms with E-state index in [0.717, 1.165) is 62.6 Å². The van der Waals surface area contributed by atoms with Crippen LogP contribution in [0.25, 0.3) is 88.8 Å². The van der Waals surface area contributed by atoms with Gasteiger partial charge in [0.2, 0.25) is 0 Å². The minimum Gasteiger partial charge on any atom is -0.455 e. The molecule has 0 saturated heterocycles. The monoisotopic (exact) mass is 687 g/mol. The summed E-state index contributed by atoms with van der Waals surface area (Å²) in [5, 5.41) is 7.11. The van der Waals surface area contributed by atoms with Crippen molar-refractivity contribution in [1.82, 2.24) is 15.0 Å². The zero-order valence-electron chi connectivity index (χ0n) is 30.3. The van der Waals surface area contributed by atoms with E-state index < -0.39 is 0 Å². The van der Waals surface area contributed by atoms with Crippen molar-refractivity contribution in [1.29, 1.82) is 0 Å². The summed E-state index contributed by atoms with van der Waals surface area (Å²) < 4.78 is 6.73. The summed E-state index contributed by atoms with van der Waals surface area (Å²) in [7, 11) is 0. The second-order valence-corrected chi connectivity index (χ2v) is 14.1. The Morgan fingerprint density at radius 2 is 1.06 bits per heavy atom. The largest absolute Gasteiger partial charge is 0.455 e. The molecule has 258 valence electrons. The molecule has 4 nitrogen and oxygen atoms in total. The van der Waals surface area contributed by atoms with Crippen molar-refractivity contribution in [2.75, 3.05) is 0 Å². The van der Waals surface area contributed by atoms with Crippen LogP contribution in [0.3, 0.4) is 0 Å². The highest BCUT2D eigenvalue weighted by Crippen LogP contribution is 2.41. The Labute approximate surface area is 310 Å². The summed E-state index contributed by atoms with van der Waals surface area (Å²) in [6.07, 6.45) is 6.98. The van der Waals surface area contributed by atoms with Crippen LogP contribution in [0, 0.1) is 0 Å². The van der Waals surface area contributed by atoms with E-state index in [4.69, 9.17) is 19.4 Å². The van der Waals surface area contributed by atoms with E-state index in [1.54, 1.807) is 0 Å². The number of rotatable bonds is 10. The average molecular weight is 688 g/mol. The quantitative estimate of drug-likeness (QED) is 0.134. The summed E-state index contributed by atoms with van der Waals surface area (Å²) in [6.45, 7) is 4.47. The lowest BCUT2D eigenvalue weighted by molar-refractivity contribution is 0.670. The molecule has 0 aliphatic heterocycles. The molecule has 9 aromatic rings. The lowest BCUT2D eigenvalue weighted by Crippen LogP contribution is -2.00. The van der Waals surface area contributed by atoms with Gasteiger partial charge in [-0.25, -0.2) is 15.0 Å². The van der Waals surface area contributed by atoms with E-state index in [1.165, 1.54) is 58.4 Å². The van der Waals surface area contributed by atoms with Gasteiger partial charge in [-0.15, -0.1) is 0 Å². The Bertz CT molecular complexity index is 2750. The second kappa shape index (κ2) is 14.1. The number of nitrogens with zero attached hydrogens (tertiary/aromatic N) is 3. The smallest absolute Gasteiger partial charge is 0.164 e. The molecule has 0 aliphatic rings. The third-order valence-electron chi connectivity index (χ3n) is 10.5. The Morgan fingerprint density at radius 3 is 1.81 bits per heavy atom. The molecule has 0 fully saturated rings. The number of unbranched alkanes of at least 4 members (excludes halogenated alkanes) is 2. The molecule has 0 bridgehead atoms. The molecule has 4 heteroatoms. The van der Waals surface area contributed by atoms with Gasteiger partial charge in [0.15, 0.2) is 17.5 Å². The minimum absolute atomic E-state index is 0.623. The summed E-state index contributed by atoms with van der Waals surface area (Å²) in [5.41, 5.74) is 9.42. The molecule has 0 saturated carbocycles. The standard InChI is InChI=1S/C49H41N3O/c1-3-5-12-32-20-23-35(24-21-32)48-50-47(34-14-8-7-9-15-34)51-49(52-48)43-18-11-19-44-45(43)42-17-10-16-41(46(42)53-44)38-27-29-40-37(31-38)26-25-36-30-33(13-6-4-2)22-28-39(36)40/h7-11,14-31H,3-6,12-13H2,1-2H3. The fourth-order valence-electron chi connectivity index (χ4n) is 7.63. The maximum absolute atomic E-state index is 6.73. The SMILES string of the molecule is CCCCc1ccc(-c2nc(-c3ccccc3)nc(-c3cccc4oc5c(-c6ccc7c(ccc8cc(CCCC)ccc87)c6)cccc5c34)n2)cc1. The third-order valence-corrected chi connectivity index (χ3v) is 10.5. The molecule has 9 rings (SSSR count). The van der Waals surface area contributed by atoms with Crippen molar-refractivity contribution in [3.05, 3.63) is 151 Å². The summed E-state index contributed by atoms with van der Waals surface area (Å²) >= 11 is 0. The van der Waals surface area contributed by atoms with E-state index in [1.807, 2.05) is 42.5 Å². The van der Waals surface area contributed by atoms with Crippen LogP contribution in [0.4, 0.5) is 0 Å². The van der Waals surface area contributed by atoms with E-state index in [9.17, 15) is 0 Å². The molecule has 0 atom stereocenters. The first-order valence-electron chi connectivity index (χ1n) is 19.0. The topological polar surface area (TPSA) is 51.8 Å². The van der Waals surface area contributed by atoms with Gasteiger partial charge in [-0.2, -0.15) is 0 Å². The lowest BCUT2D eigenvalue weighted by Gasteiger charge is -2.10. The summed E-state index contributed by atoms with van der Waals surface area (Å²) in [4.78, 5) is 15.2. The highest BCUT2D eigenvalue weighted by Gasteiger charge is 2.20. The van der Waals surface area contributed by atoms with Crippen LogP contribution in [0.2, 0.25) is 0 Å². The van der Waals surface area contributed by atoms with Gasteiger partial charge in [-0.1, -0.05) is 154 Å². The molecule has 0 amide bonds. The zero-order valence-corrected chi connectivity index (χ0v) is 30.3. The van der Waals surface area contributed by atoms with Crippen molar-refractivity contribution in [2.24, 2.45) is 0 Å². The van der Waals surface area contributed by atoms with E-state index in [2.05, 4.69) is 111 Å². The van der Waals surface area contributed by atoms with Gasteiger partial charge >= 0.3 is 0 Å². The van der Waals surface area contributed by atoms with Gasteiger partial charge in [0, 0.05) is 33.0 Å². The number of furan rings is 1. The number of benzene rings is 7. The van der Waals surface area contributed by atoms with Crippen LogP contribution in [0.1, 0.15) is 50.7 Å². The lowest BCUT2D eigenvalue weighted by atomic mass is 9.95. The molecule has 2 heterocycles. The van der Waals surface area contributed by atoms with Crippen LogP contribution in [-0.2, 0) is 12.8 Å². The summed E-state index contributed by atoms with van der Waals surface area (Å²) in [6, 6.07) is 49.7. The van der Waals surface area contributed by atoms with Crippen molar-refractivity contribution in [3.8, 4) is 45.3 Å². The van der Waals surface area contributed by atoms with Gasteiger partial charge in [0.1, 0.15) is 11.2 Å². The molecule has 0 aliphatic carbocycles. The predicted molar refractivity (Wildman–Crippen MR) is 221 cm³/mol. The Balaban J connectivity index is 1.16. The van der Waals surface area contributed by atoms with E-state index in [0.29, 0.717) is 17.5 Å². The molecule has 53 heavy (non-hydrogen) atoms. The van der Waals surface area contributed by atoms with Gasteiger partial charge in [-0.3, -0.25) is 0 Å². The van der Waals surface area contributed by atoms with Crippen LogP contribution < -0.4 is 0 Å². The molecular weight excluding hydrogens is 647 g/mol. The van der Waals surface area contributed by atoms with Crippen molar-refractivity contribution in [2.45, 2.75) is 52.4 Å². The normalized spacial score (nSPS) is 11.7. The molecule has 0 N–H and O–H groups in total. The number of para-hydroxylation sites is 1. The molecule has 0 unspecified atom stereocenters. The van der Waals surface area contributed by atoms with Crippen LogP contribution in [0.5, 0.6) is 0 Å². The van der Waals surface area contributed by atoms with Crippen LogP contribution in [0.15, 0.2) is 144 Å². The first kappa shape index (κ1) is 32.8. The van der Waals surface area contributed by atoms with Crippen LogP contribution in [-0.4, -0.2) is 15.0 Å². The first-order chi connectivity index (χ1) is 26.2. The summed E-state index contributed by atoms with van der Waals surface area (Å²) in [5.74, 6) is 1.92. The fraction of sp³-hybridized carbons (Fsp3) is 0.163. The highest BCUT2D eigenvalue weighted by atomic mass is 16.3. The minimum atomic E-state index is 0.623. The Kier molecular flexibility index (Phi) is 8.73. The Hall–Kier alpha value is -6.13. The number of aromatic nitrogens is 3. The van der Waals surface area contributed by atoms with Gasteiger partial charge in [0.05, 0.1) is 0 Å². The van der Waals surface area contributed by atoms with Gasteiger partial charge in [0.25, 0.3) is 0 Å². The number of hydrogen-bond donors (Lipinski definition) is 0. The van der Waals surface area contributed by atoms with E-state index >= 15 is 0 Å². The van der Waals surface area contributed by atoms with Crippen molar-refractivity contribution >= 4 is 43.5 Å². The number of hydrogen-bond acceptors (Lipinski definition) is 4. The zero-order chi connectivity index (χ0) is 35.7. The molecule has 2 aromatic heterocycles. The molecule has 7 aromatic carbocycles. The molecule has 0 radical (unpaired) electrons. The number of fused-ring (bicyclic) bond motifs is 6. The van der Waals surface area contributed by atoms with Crippen molar-refractivity contribution in [3.63, 3.8) is 0 Å². The molecule has 0 spiro atoms. The van der Waals surface area contributed by atoms with Crippen LogP contribution >= 0.6 is 0 Å². The second-order valence-electron chi connectivity index (χ2n) is 14.1. The predicted octanol–water partition coefficient (Wildman–Crippen LogP) is 13.4. The molecular formula is C49H41N3O. The van der Waals surface area contributed by atoms with E-state index in [-0.39, 0.29) is 0 Å². The van der Waals surface area contributed by atoms with Gasteiger partial charge in [-0.05, 0) is 76.1 Å².